The minimum Gasteiger partial charge on any atom is -0.494 e. The van der Waals surface area contributed by atoms with Gasteiger partial charge in [-0.1, -0.05) is 0 Å². The Kier molecular flexibility index (Phi) is 4.31. The molecular formula is C13H15FN4O2. The van der Waals surface area contributed by atoms with E-state index in [0.29, 0.717) is 23.1 Å². The summed E-state index contributed by atoms with van der Waals surface area (Å²) >= 11 is 0. The predicted octanol–water partition coefficient (Wildman–Crippen LogP) is 2.10. The van der Waals surface area contributed by atoms with Crippen molar-refractivity contribution in [1.29, 1.82) is 0 Å². The molecule has 3 N–H and O–H groups in total. The molecule has 0 aliphatic carbocycles. The lowest BCUT2D eigenvalue weighted by molar-refractivity contribution is 0.178. The normalized spacial score (nSPS) is 10.3. The fourth-order valence-electron chi connectivity index (χ4n) is 1.66. The second kappa shape index (κ2) is 6.16. The maximum absolute atomic E-state index is 13.3. The van der Waals surface area contributed by atoms with Crippen LogP contribution >= 0.6 is 0 Å². The highest BCUT2D eigenvalue weighted by molar-refractivity contribution is 5.60. The van der Waals surface area contributed by atoms with Crippen molar-refractivity contribution >= 4 is 17.3 Å². The molecule has 0 bridgehead atoms. The smallest absolute Gasteiger partial charge is 0.165 e. The van der Waals surface area contributed by atoms with E-state index in [1.165, 1.54) is 19.2 Å². The number of hydrogen-bond acceptors (Lipinski definition) is 6. The third kappa shape index (κ3) is 3.33. The van der Waals surface area contributed by atoms with Crippen LogP contribution in [0.5, 0.6) is 5.75 Å². The minimum atomic E-state index is -0.430. The highest BCUT2D eigenvalue weighted by atomic mass is 19.1. The van der Waals surface area contributed by atoms with Crippen LogP contribution in [0.4, 0.5) is 21.7 Å². The lowest BCUT2D eigenvalue weighted by Crippen LogP contribution is -2.04. The Morgan fingerprint density at radius 2 is 2.05 bits per heavy atom. The first-order valence-corrected chi connectivity index (χ1v) is 5.85. The minimum absolute atomic E-state index is 0.147. The molecule has 0 amide bonds. The first-order chi connectivity index (χ1) is 9.62. The molecule has 6 nitrogen and oxygen atoms in total. The summed E-state index contributed by atoms with van der Waals surface area (Å²) in [5.41, 5.74) is 6.32. The Bertz CT molecular complexity index is 607. The number of anilines is 3. The second-order valence-electron chi connectivity index (χ2n) is 4.00. The summed E-state index contributed by atoms with van der Waals surface area (Å²) in [7, 11) is 2.95. The van der Waals surface area contributed by atoms with E-state index in [0.717, 1.165) is 0 Å². The van der Waals surface area contributed by atoms with E-state index >= 15 is 0 Å². The molecule has 0 saturated carbocycles. The van der Waals surface area contributed by atoms with Crippen LogP contribution in [0.2, 0.25) is 0 Å². The van der Waals surface area contributed by atoms with E-state index in [4.69, 9.17) is 15.2 Å². The van der Waals surface area contributed by atoms with Gasteiger partial charge in [0.2, 0.25) is 0 Å². The average molecular weight is 278 g/mol. The summed E-state index contributed by atoms with van der Waals surface area (Å²) in [5, 5.41) is 3.01. The summed E-state index contributed by atoms with van der Waals surface area (Å²) in [4.78, 5) is 8.26. The Hall–Kier alpha value is -2.41. The molecule has 0 fully saturated rings. The van der Waals surface area contributed by atoms with Crippen LogP contribution in [-0.4, -0.2) is 24.2 Å². The van der Waals surface area contributed by atoms with Gasteiger partial charge >= 0.3 is 0 Å². The van der Waals surface area contributed by atoms with Gasteiger partial charge in [-0.05, 0) is 12.1 Å². The fourth-order valence-corrected chi connectivity index (χ4v) is 1.66. The average Bonchev–Trinajstić information content (AvgIpc) is 2.40. The summed E-state index contributed by atoms with van der Waals surface area (Å²) < 4.78 is 23.2. The van der Waals surface area contributed by atoms with Crippen LogP contribution < -0.4 is 15.8 Å². The number of rotatable bonds is 5. The van der Waals surface area contributed by atoms with Gasteiger partial charge in [-0.2, -0.15) is 0 Å². The lowest BCUT2D eigenvalue weighted by atomic mass is 10.3. The molecule has 0 unspecified atom stereocenters. The Morgan fingerprint density at radius 1 is 1.25 bits per heavy atom. The third-order valence-corrected chi connectivity index (χ3v) is 2.49. The Labute approximate surface area is 115 Å². The van der Waals surface area contributed by atoms with Crippen molar-refractivity contribution in [2.45, 2.75) is 6.61 Å². The van der Waals surface area contributed by atoms with Gasteiger partial charge in [0.25, 0.3) is 0 Å². The number of halogens is 1. The van der Waals surface area contributed by atoms with Gasteiger partial charge in [0, 0.05) is 24.9 Å². The molecule has 2 aromatic rings. The fraction of sp³-hybridized carbons (Fsp3) is 0.231. The molecule has 1 aromatic heterocycles. The summed E-state index contributed by atoms with van der Waals surface area (Å²) in [6, 6.07) is 5.99. The molecule has 106 valence electrons. The van der Waals surface area contributed by atoms with Crippen LogP contribution in [-0.2, 0) is 11.3 Å². The molecule has 7 heteroatoms. The van der Waals surface area contributed by atoms with Gasteiger partial charge in [0.1, 0.15) is 18.2 Å². The molecular weight excluding hydrogens is 263 g/mol. The van der Waals surface area contributed by atoms with Crippen LogP contribution in [0.1, 0.15) is 5.82 Å². The highest BCUT2D eigenvalue weighted by Gasteiger charge is 2.06. The highest BCUT2D eigenvalue weighted by Crippen LogP contribution is 2.24. The van der Waals surface area contributed by atoms with Crippen molar-refractivity contribution in [2.75, 3.05) is 25.3 Å². The topological polar surface area (TPSA) is 82.3 Å². The van der Waals surface area contributed by atoms with Crippen LogP contribution in [0.3, 0.4) is 0 Å². The monoisotopic (exact) mass is 278 g/mol. The number of methoxy groups -OCH3 is 2. The number of ether oxygens (including phenoxy) is 2. The van der Waals surface area contributed by atoms with Crippen molar-refractivity contribution < 1.29 is 13.9 Å². The van der Waals surface area contributed by atoms with Crippen LogP contribution in [0.25, 0.3) is 0 Å². The summed E-state index contributed by atoms with van der Waals surface area (Å²) in [6.45, 7) is 0.256. The number of nitrogens with two attached hydrogens (primary N) is 1. The number of nitrogens with one attached hydrogen (secondary N) is 1. The molecule has 1 heterocycles. The van der Waals surface area contributed by atoms with Crippen molar-refractivity contribution in [3.05, 3.63) is 35.9 Å². The summed E-state index contributed by atoms with van der Waals surface area (Å²) in [6.07, 6.45) is 0. The standard InChI is InChI=1S/C13H15FN4O2/c1-19-7-13-17-11(15)6-12(18-13)16-8-3-4-9(14)10(5-8)20-2/h3-6H,7H2,1-2H3,(H3,15,16,17,18). The Morgan fingerprint density at radius 3 is 2.75 bits per heavy atom. The number of nitrogen functional groups attached to an aromatic ring is 1. The maximum Gasteiger partial charge on any atom is 0.165 e. The first kappa shape index (κ1) is 14.0. The first-order valence-electron chi connectivity index (χ1n) is 5.85. The zero-order valence-electron chi connectivity index (χ0n) is 11.2. The second-order valence-corrected chi connectivity index (χ2v) is 4.00. The van der Waals surface area contributed by atoms with E-state index < -0.39 is 5.82 Å². The predicted molar refractivity (Wildman–Crippen MR) is 73.4 cm³/mol. The van der Waals surface area contributed by atoms with Crippen molar-refractivity contribution in [1.82, 2.24) is 9.97 Å². The SMILES string of the molecule is COCc1nc(N)cc(Nc2ccc(F)c(OC)c2)n1. The zero-order chi connectivity index (χ0) is 14.5. The maximum atomic E-state index is 13.3. The zero-order valence-corrected chi connectivity index (χ0v) is 11.2. The number of nitrogens with zero attached hydrogens (tertiary/aromatic N) is 2. The number of aromatic nitrogens is 2. The largest absolute Gasteiger partial charge is 0.494 e. The third-order valence-electron chi connectivity index (χ3n) is 2.49. The Balaban J connectivity index is 2.25. The molecule has 0 atom stereocenters. The van der Waals surface area contributed by atoms with Crippen LogP contribution in [0.15, 0.2) is 24.3 Å². The summed E-state index contributed by atoms with van der Waals surface area (Å²) in [5.74, 6) is 1.00. The lowest BCUT2D eigenvalue weighted by Gasteiger charge is -2.09. The van der Waals surface area contributed by atoms with Gasteiger partial charge in [-0.25, -0.2) is 14.4 Å². The van der Waals surface area contributed by atoms with Crippen LogP contribution in [0, 0.1) is 5.82 Å². The van der Waals surface area contributed by atoms with Gasteiger partial charge in [-0.3, -0.25) is 0 Å². The quantitative estimate of drug-likeness (QED) is 0.871. The van der Waals surface area contributed by atoms with E-state index in [2.05, 4.69) is 15.3 Å². The molecule has 1 aromatic carbocycles. The molecule has 0 spiro atoms. The molecule has 0 aliphatic heterocycles. The van der Waals surface area contributed by atoms with Gasteiger partial charge in [0.05, 0.1) is 7.11 Å². The van der Waals surface area contributed by atoms with E-state index in [1.807, 2.05) is 0 Å². The molecule has 0 saturated heterocycles. The molecule has 2 rings (SSSR count). The van der Waals surface area contributed by atoms with Crippen molar-refractivity contribution in [2.24, 2.45) is 0 Å². The van der Waals surface area contributed by atoms with Crippen molar-refractivity contribution in [3.63, 3.8) is 0 Å². The van der Waals surface area contributed by atoms with E-state index in [9.17, 15) is 4.39 Å². The van der Waals surface area contributed by atoms with E-state index in [1.54, 1.807) is 19.2 Å². The van der Waals surface area contributed by atoms with Gasteiger partial charge < -0.3 is 20.5 Å². The van der Waals surface area contributed by atoms with Crippen molar-refractivity contribution in [3.8, 4) is 5.75 Å². The molecule has 0 radical (unpaired) electrons. The number of hydrogen-bond donors (Lipinski definition) is 2. The molecule has 20 heavy (non-hydrogen) atoms. The van der Waals surface area contributed by atoms with E-state index in [-0.39, 0.29) is 12.4 Å². The van der Waals surface area contributed by atoms with Gasteiger partial charge in [-0.15, -0.1) is 0 Å². The number of benzene rings is 1. The van der Waals surface area contributed by atoms with Gasteiger partial charge in [0.15, 0.2) is 17.4 Å². The molecule has 0 aliphatic rings.